The Morgan fingerprint density at radius 1 is 1.17 bits per heavy atom. The van der Waals surface area contributed by atoms with Crippen LogP contribution < -0.4 is 4.74 Å². The molecular formula is C26H22BrNO8. The quantitative estimate of drug-likeness (QED) is 0.321. The number of aromatic hydroxyl groups is 1. The van der Waals surface area contributed by atoms with E-state index in [1.54, 1.807) is 12.1 Å². The number of rotatable bonds is 5. The fraction of sp³-hybridized carbons (Fsp3) is 0.346. The molecule has 0 aromatic heterocycles. The maximum Gasteiger partial charge on any atom is 0.305 e. The van der Waals surface area contributed by atoms with Crippen molar-refractivity contribution in [1.82, 2.24) is 4.90 Å². The number of halogens is 1. The number of amides is 2. The summed E-state index contributed by atoms with van der Waals surface area (Å²) in [6.45, 7) is -0.224. The monoisotopic (exact) mass is 555 g/mol. The first kappa shape index (κ1) is 24.2. The standard InChI is InChI=1S/C26H22BrNO8/c1-36-18-4-2-3-16(29)23(18)22-11-5-6-12-20(26(35)28(25(12)34)8-7-19(31)32)13(11)9-14-21(22)17(30)10-15(27)24(14)33/h2-5,10,12-13,20,22,29H,6-9H2,1H3,(H,31,32). The summed E-state index contributed by atoms with van der Waals surface area (Å²) in [5.74, 6) is -5.50. The number of likely N-dealkylation sites (tertiary alicyclic amines) is 1. The number of hydrogen-bond acceptors (Lipinski definition) is 7. The summed E-state index contributed by atoms with van der Waals surface area (Å²) in [5, 5.41) is 19.9. The zero-order chi connectivity index (χ0) is 25.9. The van der Waals surface area contributed by atoms with Crippen molar-refractivity contribution in [2.45, 2.75) is 25.2 Å². The Labute approximate surface area is 214 Å². The highest BCUT2D eigenvalue weighted by molar-refractivity contribution is 9.12. The van der Waals surface area contributed by atoms with Crippen molar-refractivity contribution < 1.29 is 38.9 Å². The highest BCUT2D eigenvalue weighted by atomic mass is 79.9. The van der Waals surface area contributed by atoms with Gasteiger partial charge in [0.25, 0.3) is 0 Å². The average molecular weight is 556 g/mol. The fourth-order valence-electron chi connectivity index (χ4n) is 6.03. The molecule has 9 nitrogen and oxygen atoms in total. The predicted molar refractivity (Wildman–Crippen MR) is 128 cm³/mol. The van der Waals surface area contributed by atoms with Gasteiger partial charge in [-0.2, -0.15) is 0 Å². The first-order valence-electron chi connectivity index (χ1n) is 11.5. The van der Waals surface area contributed by atoms with Crippen molar-refractivity contribution in [3.8, 4) is 11.5 Å². The van der Waals surface area contributed by atoms with Crippen molar-refractivity contribution in [2.24, 2.45) is 17.8 Å². The number of carbonyl (C=O) groups excluding carboxylic acids is 4. The zero-order valence-electron chi connectivity index (χ0n) is 19.2. The Morgan fingerprint density at radius 3 is 2.61 bits per heavy atom. The second-order valence-corrected chi connectivity index (χ2v) is 10.1. The zero-order valence-corrected chi connectivity index (χ0v) is 20.8. The summed E-state index contributed by atoms with van der Waals surface area (Å²) < 4.78 is 5.61. The number of imide groups is 1. The summed E-state index contributed by atoms with van der Waals surface area (Å²) >= 11 is 3.17. The normalized spacial score (nSPS) is 27.3. The lowest BCUT2D eigenvalue weighted by atomic mass is 9.59. The van der Waals surface area contributed by atoms with E-state index >= 15 is 0 Å². The van der Waals surface area contributed by atoms with Crippen LogP contribution in [0.1, 0.15) is 30.7 Å². The van der Waals surface area contributed by atoms with Gasteiger partial charge in [-0.3, -0.25) is 28.9 Å². The number of carboxylic acids is 1. The number of aliphatic carboxylic acids is 1. The van der Waals surface area contributed by atoms with Gasteiger partial charge in [-0.1, -0.05) is 17.7 Å². The summed E-state index contributed by atoms with van der Waals surface area (Å²) in [4.78, 5) is 65.1. The van der Waals surface area contributed by atoms with Gasteiger partial charge in [0.1, 0.15) is 11.5 Å². The minimum atomic E-state index is -1.12. The van der Waals surface area contributed by atoms with E-state index < -0.39 is 41.5 Å². The molecule has 0 spiro atoms. The molecule has 1 fully saturated rings. The molecule has 1 aromatic carbocycles. The van der Waals surface area contributed by atoms with Gasteiger partial charge in [0.15, 0.2) is 11.6 Å². The van der Waals surface area contributed by atoms with Crippen LogP contribution in [0.15, 0.2) is 51.6 Å². The number of allylic oxidation sites excluding steroid dienone is 6. The lowest BCUT2D eigenvalue weighted by Gasteiger charge is -2.42. The van der Waals surface area contributed by atoms with Crippen molar-refractivity contribution in [3.05, 3.63) is 57.1 Å². The van der Waals surface area contributed by atoms with E-state index in [-0.39, 0.29) is 58.8 Å². The molecule has 2 N–H and O–H groups in total. The number of hydrogen-bond donors (Lipinski definition) is 2. The molecule has 4 atom stereocenters. The number of nitrogens with zero attached hydrogens (tertiary/aromatic N) is 1. The summed E-state index contributed by atoms with van der Waals surface area (Å²) in [7, 11) is 1.43. The lowest BCUT2D eigenvalue weighted by molar-refractivity contribution is -0.142. The minimum absolute atomic E-state index is 0.0774. The number of phenolic OH excluding ortho intramolecular Hbond substituents is 1. The summed E-state index contributed by atoms with van der Waals surface area (Å²) in [6.07, 6.45) is 2.98. The molecule has 4 unspecified atom stereocenters. The molecule has 0 saturated carbocycles. The van der Waals surface area contributed by atoms with E-state index in [4.69, 9.17) is 9.84 Å². The van der Waals surface area contributed by atoms with Crippen LogP contribution in [0.25, 0.3) is 0 Å². The van der Waals surface area contributed by atoms with Gasteiger partial charge in [-0.15, -0.1) is 0 Å². The van der Waals surface area contributed by atoms with Crippen molar-refractivity contribution in [3.63, 3.8) is 0 Å². The number of carboxylic acid groups (broad SMARTS) is 1. The number of fused-ring (bicyclic) bond motifs is 3. The Morgan fingerprint density at radius 2 is 1.92 bits per heavy atom. The number of Topliss-reactive ketones (excluding diaryl/α,β-unsaturated/α-hetero) is 1. The summed E-state index contributed by atoms with van der Waals surface area (Å²) in [6, 6.07) is 4.71. The third kappa shape index (κ3) is 3.54. The number of phenols is 1. The molecule has 1 aromatic rings. The SMILES string of the molecule is COc1cccc(O)c1C1C2=CCC3C(=O)N(CCC(=O)O)C(=O)C3C2CC2=C1C(=O)C=C(Br)C2=O. The van der Waals surface area contributed by atoms with Crippen LogP contribution in [0.5, 0.6) is 11.5 Å². The average Bonchev–Trinajstić information content (AvgIpc) is 3.09. The second-order valence-electron chi connectivity index (χ2n) is 9.26. The first-order chi connectivity index (χ1) is 17.1. The van der Waals surface area contributed by atoms with Gasteiger partial charge >= 0.3 is 5.97 Å². The fourth-order valence-corrected chi connectivity index (χ4v) is 6.48. The number of methoxy groups -OCH3 is 1. The maximum absolute atomic E-state index is 13.4. The van der Waals surface area contributed by atoms with Crippen molar-refractivity contribution >= 4 is 45.3 Å². The van der Waals surface area contributed by atoms with E-state index in [2.05, 4.69) is 15.9 Å². The van der Waals surface area contributed by atoms with Gasteiger partial charge < -0.3 is 14.9 Å². The van der Waals surface area contributed by atoms with Crippen LogP contribution in [0.4, 0.5) is 0 Å². The van der Waals surface area contributed by atoms with Gasteiger partial charge in [0, 0.05) is 35.2 Å². The molecule has 1 heterocycles. The van der Waals surface area contributed by atoms with Crippen LogP contribution in [-0.4, -0.2) is 58.1 Å². The Balaban J connectivity index is 1.67. The van der Waals surface area contributed by atoms with Crippen LogP contribution >= 0.6 is 15.9 Å². The van der Waals surface area contributed by atoms with Crippen LogP contribution in [0.3, 0.4) is 0 Å². The molecular weight excluding hydrogens is 534 g/mol. The molecule has 4 aliphatic rings. The smallest absolute Gasteiger partial charge is 0.305 e. The largest absolute Gasteiger partial charge is 0.507 e. The highest BCUT2D eigenvalue weighted by Crippen LogP contribution is 2.57. The molecule has 0 radical (unpaired) electrons. The molecule has 1 saturated heterocycles. The number of benzene rings is 1. The van der Waals surface area contributed by atoms with Crippen molar-refractivity contribution in [2.75, 3.05) is 13.7 Å². The molecule has 5 rings (SSSR count). The Bertz CT molecular complexity index is 1340. The van der Waals surface area contributed by atoms with E-state index in [0.29, 0.717) is 16.9 Å². The van der Waals surface area contributed by atoms with Gasteiger partial charge in [-0.25, -0.2) is 0 Å². The van der Waals surface area contributed by atoms with Crippen LogP contribution in [0, 0.1) is 17.8 Å². The number of ether oxygens (including phenoxy) is 1. The van der Waals surface area contributed by atoms with E-state index in [1.165, 1.54) is 19.3 Å². The molecule has 186 valence electrons. The number of carbonyl (C=O) groups is 5. The van der Waals surface area contributed by atoms with E-state index in [1.807, 2.05) is 6.08 Å². The molecule has 10 heteroatoms. The molecule has 36 heavy (non-hydrogen) atoms. The summed E-state index contributed by atoms with van der Waals surface area (Å²) in [5.41, 5.74) is 1.44. The van der Waals surface area contributed by atoms with Gasteiger partial charge in [0.2, 0.25) is 11.8 Å². The Kier molecular flexibility index (Phi) is 5.94. The minimum Gasteiger partial charge on any atom is -0.507 e. The first-order valence-corrected chi connectivity index (χ1v) is 12.3. The lowest BCUT2D eigenvalue weighted by Crippen LogP contribution is -2.40. The third-order valence-corrected chi connectivity index (χ3v) is 8.11. The number of ketones is 2. The van der Waals surface area contributed by atoms with E-state index in [9.17, 15) is 29.1 Å². The molecule has 3 aliphatic carbocycles. The van der Waals surface area contributed by atoms with Crippen molar-refractivity contribution in [1.29, 1.82) is 0 Å². The van der Waals surface area contributed by atoms with E-state index in [0.717, 1.165) is 4.90 Å². The maximum atomic E-state index is 13.4. The molecule has 1 aliphatic heterocycles. The highest BCUT2D eigenvalue weighted by Gasteiger charge is 2.56. The third-order valence-electron chi connectivity index (χ3n) is 7.52. The topological polar surface area (TPSA) is 138 Å². The Hall–Kier alpha value is -3.53. The van der Waals surface area contributed by atoms with Gasteiger partial charge in [0.05, 0.1) is 29.8 Å². The molecule has 0 bridgehead atoms. The van der Waals surface area contributed by atoms with Crippen LogP contribution in [0.2, 0.25) is 0 Å². The molecule has 2 amide bonds. The predicted octanol–water partition coefficient (Wildman–Crippen LogP) is 2.64. The van der Waals surface area contributed by atoms with Gasteiger partial charge in [-0.05, 0) is 46.8 Å². The van der Waals surface area contributed by atoms with Crippen LogP contribution in [-0.2, 0) is 24.0 Å². The second kappa shape index (κ2) is 8.85.